The average molecular weight is 254 g/mol. The lowest BCUT2D eigenvalue weighted by Crippen LogP contribution is -2.43. The van der Waals surface area contributed by atoms with Crippen molar-refractivity contribution in [3.8, 4) is 0 Å². The topological polar surface area (TPSA) is 29.0 Å². The van der Waals surface area contributed by atoms with Crippen molar-refractivity contribution in [2.75, 3.05) is 11.4 Å². The van der Waals surface area contributed by atoms with Crippen LogP contribution >= 0.6 is 11.6 Å². The van der Waals surface area contributed by atoms with Gasteiger partial charge in [0.25, 0.3) is 0 Å². The molecule has 0 radical (unpaired) electrons. The van der Waals surface area contributed by atoms with Crippen molar-refractivity contribution in [1.29, 1.82) is 0 Å². The molecule has 1 aromatic rings. The Hall–Kier alpha value is -0.830. The van der Waals surface area contributed by atoms with Crippen molar-refractivity contribution in [3.63, 3.8) is 0 Å². The summed E-state index contributed by atoms with van der Waals surface area (Å²) in [6.07, 6.45) is 2.53. The van der Waals surface area contributed by atoms with Gasteiger partial charge in [-0.15, -0.1) is 0 Å². The van der Waals surface area contributed by atoms with Crippen LogP contribution in [0.4, 0.5) is 5.82 Å². The maximum Gasteiger partial charge on any atom is 0.137 e. The van der Waals surface area contributed by atoms with Crippen LogP contribution in [0, 0.1) is 19.8 Å². The van der Waals surface area contributed by atoms with Gasteiger partial charge >= 0.3 is 0 Å². The maximum absolute atomic E-state index is 6.14. The number of rotatable bonds is 1. The molecule has 17 heavy (non-hydrogen) atoms. The Kier molecular flexibility index (Phi) is 3.57. The van der Waals surface area contributed by atoms with Crippen molar-refractivity contribution in [2.45, 2.75) is 46.6 Å². The molecule has 0 N–H and O–H groups in total. The molecule has 0 amide bonds. The third-order valence-electron chi connectivity index (χ3n) is 3.82. The first-order chi connectivity index (χ1) is 8.00. The van der Waals surface area contributed by atoms with Crippen LogP contribution in [0.3, 0.4) is 0 Å². The van der Waals surface area contributed by atoms with Gasteiger partial charge in [0.05, 0.1) is 0 Å². The first-order valence-corrected chi connectivity index (χ1v) is 6.66. The molecule has 3 nitrogen and oxygen atoms in total. The van der Waals surface area contributed by atoms with Crippen LogP contribution in [0.15, 0.2) is 0 Å². The molecule has 0 aliphatic carbocycles. The predicted molar refractivity (Wildman–Crippen MR) is 71.7 cm³/mol. The summed E-state index contributed by atoms with van der Waals surface area (Å²) in [5, 5.41) is 0.581. The highest BCUT2D eigenvalue weighted by atomic mass is 35.5. The molecule has 2 atom stereocenters. The summed E-state index contributed by atoms with van der Waals surface area (Å²) < 4.78 is 0. The quantitative estimate of drug-likeness (QED) is 0.719. The lowest BCUT2D eigenvalue weighted by Gasteiger charge is -2.39. The zero-order valence-corrected chi connectivity index (χ0v) is 11.8. The average Bonchev–Trinajstić information content (AvgIpc) is 2.27. The van der Waals surface area contributed by atoms with Crippen molar-refractivity contribution in [2.24, 2.45) is 5.92 Å². The van der Waals surface area contributed by atoms with Crippen molar-refractivity contribution in [1.82, 2.24) is 9.97 Å². The van der Waals surface area contributed by atoms with E-state index in [1.807, 2.05) is 13.8 Å². The van der Waals surface area contributed by atoms with Crippen LogP contribution in [0.25, 0.3) is 0 Å². The number of hydrogen-bond acceptors (Lipinski definition) is 3. The monoisotopic (exact) mass is 253 g/mol. The molecule has 1 fully saturated rings. The Balaban J connectivity index is 2.39. The van der Waals surface area contributed by atoms with E-state index in [1.54, 1.807) is 0 Å². The highest BCUT2D eigenvalue weighted by Crippen LogP contribution is 2.31. The highest BCUT2D eigenvalue weighted by Gasteiger charge is 2.27. The molecule has 0 aromatic carbocycles. The van der Waals surface area contributed by atoms with Crippen molar-refractivity contribution in [3.05, 3.63) is 16.5 Å². The van der Waals surface area contributed by atoms with Gasteiger partial charge in [0.15, 0.2) is 0 Å². The fourth-order valence-electron chi connectivity index (χ4n) is 2.49. The number of piperidine rings is 1. The Morgan fingerprint density at radius 2 is 1.94 bits per heavy atom. The maximum atomic E-state index is 6.14. The van der Waals surface area contributed by atoms with Crippen LogP contribution in [-0.4, -0.2) is 22.6 Å². The van der Waals surface area contributed by atoms with Crippen molar-refractivity contribution >= 4 is 17.4 Å². The minimum atomic E-state index is 0.521. The van der Waals surface area contributed by atoms with E-state index < -0.39 is 0 Å². The number of nitrogens with zero attached hydrogens (tertiary/aromatic N) is 3. The smallest absolute Gasteiger partial charge is 0.137 e. The number of halogens is 1. The lowest BCUT2D eigenvalue weighted by atomic mass is 9.92. The molecule has 1 aliphatic heterocycles. The fraction of sp³-hybridized carbons (Fsp3) is 0.692. The van der Waals surface area contributed by atoms with Gasteiger partial charge in [-0.25, -0.2) is 9.97 Å². The standard InChI is InChI=1S/C13H20ClN3/c1-8-6-5-7-17(10(8)3)13-9(2)12(14)15-11(4)16-13/h8,10H,5-7H2,1-4H3. The first kappa shape index (κ1) is 12.6. The summed E-state index contributed by atoms with van der Waals surface area (Å²) in [4.78, 5) is 11.2. The Bertz CT molecular complexity index is 419. The molecular weight excluding hydrogens is 234 g/mol. The van der Waals surface area contributed by atoms with Crippen LogP contribution in [0.2, 0.25) is 5.15 Å². The molecule has 0 bridgehead atoms. The molecule has 0 saturated carbocycles. The van der Waals surface area contributed by atoms with Gasteiger partial charge in [-0.2, -0.15) is 0 Å². The molecule has 2 heterocycles. The second kappa shape index (κ2) is 4.81. The van der Waals surface area contributed by atoms with E-state index in [1.165, 1.54) is 12.8 Å². The summed E-state index contributed by atoms with van der Waals surface area (Å²) >= 11 is 6.14. The van der Waals surface area contributed by atoms with Gasteiger partial charge in [0.1, 0.15) is 16.8 Å². The molecular formula is C13H20ClN3. The van der Waals surface area contributed by atoms with E-state index in [9.17, 15) is 0 Å². The van der Waals surface area contributed by atoms with Gasteiger partial charge in [-0.1, -0.05) is 18.5 Å². The SMILES string of the molecule is Cc1nc(Cl)c(C)c(N2CCCC(C)C2C)n1. The zero-order valence-electron chi connectivity index (χ0n) is 11.0. The molecule has 2 unspecified atom stereocenters. The Morgan fingerprint density at radius 3 is 2.65 bits per heavy atom. The third kappa shape index (κ3) is 2.39. The van der Waals surface area contributed by atoms with E-state index in [0.29, 0.717) is 17.1 Å². The minimum absolute atomic E-state index is 0.521. The molecule has 0 spiro atoms. The van der Waals surface area contributed by atoms with Crippen LogP contribution < -0.4 is 4.90 Å². The van der Waals surface area contributed by atoms with Crippen LogP contribution in [0.1, 0.15) is 38.1 Å². The van der Waals surface area contributed by atoms with Gasteiger partial charge < -0.3 is 4.90 Å². The highest BCUT2D eigenvalue weighted by molar-refractivity contribution is 6.30. The molecule has 1 saturated heterocycles. The summed E-state index contributed by atoms with van der Waals surface area (Å²) in [7, 11) is 0. The lowest BCUT2D eigenvalue weighted by molar-refractivity contribution is 0.361. The molecule has 4 heteroatoms. The van der Waals surface area contributed by atoms with Gasteiger partial charge in [-0.3, -0.25) is 0 Å². The molecule has 94 valence electrons. The molecule has 1 aliphatic rings. The van der Waals surface area contributed by atoms with E-state index in [2.05, 4.69) is 28.7 Å². The van der Waals surface area contributed by atoms with Crippen molar-refractivity contribution < 1.29 is 0 Å². The van der Waals surface area contributed by atoms with E-state index in [-0.39, 0.29) is 0 Å². The number of aryl methyl sites for hydroxylation is 1. The van der Waals surface area contributed by atoms with Gasteiger partial charge in [0.2, 0.25) is 0 Å². The van der Waals surface area contributed by atoms with Gasteiger partial charge in [0, 0.05) is 18.2 Å². The summed E-state index contributed by atoms with van der Waals surface area (Å²) in [6, 6.07) is 0.521. The third-order valence-corrected chi connectivity index (χ3v) is 4.19. The summed E-state index contributed by atoms with van der Waals surface area (Å²) in [5.41, 5.74) is 0.998. The fourth-order valence-corrected chi connectivity index (χ4v) is 2.70. The van der Waals surface area contributed by atoms with Crippen LogP contribution in [0.5, 0.6) is 0 Å². The van der Waals surface area contributed by atoms with E-state index in [4.69, 9.17) is 11.6 Å². The predicted octanol–water partition coefficient (Wildman–Crippen LogP) is 3.37. The molecule has 2 rings (SSSR count). The van der Waals surface area contributed by atoms with E-state index >= 15 is 0 Å². The van der Waals surface area contributed by atoms with E-state index in [0.717, 1.165) is 23.8 Å². The minimum Gasteiger partial charge on any atom is -0.353 e. The summed E-state index contributed by atoms with van der Waals surface area (Å²) in [6.45, 7) is 9.55. The zero-order chi connectivity index (χ0) is 12.6. The normalized spacial score (nSPS) is 25.1. The number of hydrogen-bond donors (Lipinski definition) is 0. The van der Waals surface area contributed by atoms with Gasteiger partial charge in [-0.05, 0) is 39.5 Å². The Morgan fingerprint density at radius 1 is 1.24 bits per heavy atom. The Labute approximate surface area is 108 Å². The molecule has 1 aromatic heterocycles. The second-order valence-electron chi connectivity index (χ2n) is 5.06. The summed E-state index contributed by atoms with van der Waals surface area (Å²) in [5.74, 6) is 2.47. The largest absolute Gasteiger partial charge is 0.353 e. The first-order valence-electron chi connectivity index (χ1n) is 6.28. The van der Waals surface area contributed by atoms with Crippen LogP contribution in [-0.2, 0) is 0 Å². The second-order valence-corrected chi connectivity index (χ2v) is 5.42. The number of anilines is 1. The number of aromatic nitrogens is 2.